The lowest BCUT2D eigenvalue weighted by Gasteiger charge is -2.36. The van der Waals surface area contributed by atoms with E-state index in [0.717, 1.165) is 49.8 Å². The van der Waals surface area contributed by atoms with Crippen molar-refractivity contribution < 1.29 is 18.0 Å². The van der Waals surface area contributed by atoms with Gasteiger partial charge in [0, 0.05) is 6.54 Å². The number of carbonyl (C=O) groups excluding carboxylic acids is 1. The third-order valence-electron chi connectivity index (χ3n) is 5.42. The fourth-order valence-corrected chi connectivity index (χ4v) is 3.95. The molecule has 1 aliphatic rings. The Bertz CT molecular complexity index is 765. The fourth-order valence-electron chi connectivity index (χ4n) is 3.95. The Labute approximate surface area is 157 Å². The van der Waals surface area contributed by atoms with Crippen molar-refractivity contribution in [2.24, 2.45) is 0 Å². The summed E-state index contributed by atoms with van der Waals surface area (Å²) < 4.78 is 38.5. The molecule has 0 unspecified atom stereocenters. The van der Waals surface area contributed by atoms with E-state index >= 15 is 0 Å². The van der Waals surface area contributed by atoms with E-state index in [1.165, 1.54) is 6.07 Å². The van der Waals surface area contributed by atoms with Crippen molar-refractivity contribution in [3.8, 4) is 0 Å². The molecule has 1 N–H and O–H groups in total. The molecule has 0 spiro atoms. The van der Waals surface area contributed by atoms with E-state index in [4.69, 9.17) is 0 Å². The molecule has 2 aromatic carbocycles. The highest BCUT2D eigenvalue weighted by atomic mass is 19.4. The number of rotatable bonds is 5. The van der Waals surface area contributed by atoms with Gasteiger partial charge in [-0.2, -0.15) is 13.2 Å². The lowest BCUT2D eigenvalue weighted by molar-refractivity contribution is -0.137. The van der Waals surface area contributed by atoms with Gasteiger partial charge in [-0.3, -0.25) is 4.79 Å². The summed E-state index contributed by atoms with van der Waals surface area (Å²) in [7, 11) is 0. The SMILES string of the molecule is O=C(NCCc1cccc(C(F)(F)F)c1)C1(c2ccccc2)CCCCC1. The van der Waals surface area contributed by atoms with Crippen LogP contribution >= 0.6 is 0 Å². The molecule has 0 bridgehead atoms. The van der Waals surface area contributed by atoms with Crippen LogP contribution in [0.4, 0.5) is 13.2 Å². The van der Waals surface area contributed by atoms with Crippen LogP contribution in [0.2, 0.25) is 0 Å². The molecule has 1 amide bonds. The number of halogens is 3. The maximum atomic E-state index is 13.0. The van der Waals surface area contributed by atoms with Crippen molar-refractivity contribution in [3.63, 3.8) is 0 Å². The van der Waals surface area contributed by atoms with Crippen LogP contribution in [0.25, 0.3) is 0 Å². The van der Waals surface area contributed by atoms with Crippen molar-refractivity contribution in [1.82, 2.24) is 5.32 Å². The molecule has 0 aromatic heterocycles. The quantitative estimate of drug-likeness (QED) is 0.758. The van der Waals surface area contributed by atoms with Crippen LogP contribution in [-0.4, -0.2) is 12.5 Å². The van der Waals surface area contributed by atoms with E-state index in [9.17, 15) is 18.0 Å². The minimum Gasteiger partial charge on any atom is -0.355 e. The van der Waals surface area contributed by atoms with Gasteiger partial charge in [0.1, 0.15) is 0 Å². The summed E-state index contributed by atoms with van der Waals surface area (Å²) >= 11 is 0. The molecule has 5 heteroatoms. The predicted octanol–water partition coefficient (Wildman–Crippen LogP) is 5.27. The van der Waals surface area contributed by atoms with E-state index in [0.29, 0.717) is 18.5 Å². The molecule has 27 heavy (non-hydrogen) atoms. The number of carbonyl (C=O) groups is 1. The molecule has 0 aliphatic heterocycles. The highest BCUT2D eigenvalue weighted by Gasteiger charge is 2.40. The first kappa shape index (κ1) is 19.5. The summed E-state index contributed by atoms with van der Waals surface area (Å²) in [5.74, 6) is -0.0135. The molecule has 0 heterocycles. The Morgan fingerprint density at radius 1 is 0.963 bits per heavy atom. The van der Waals surface area contributed by atoms with Crippen LogP contribution in [0.1, 0.15) is 48.8 Å². The third kappa shape index (κ3) is 4.52. The first-order chi connectivity index (χ1) is 12.9. The smallest absolute Gasteiger partial charge is 0.355 e. The summed E-state index contributed by atoms with van der Waals surface area (Å²) in [5.41, 5.74) is 0.427. The van der Waals surface area contributed by atoms with Crippen molar-refractivity contribution in [2.75, 3.05) is 6.54 Å². The summed E-state index contributed by atoms with van der Waals surface area (Å²) in [6.45, 7) is 0.328. The second-order valence-electron chi connectivity index (χ2n) is 7.21. The van der Waals surface area contributed by atoms with Gasteiger partial charge < -0.3 is 5.32 Å². The zero-order valence-electron chi connectivity index (χ0n) is 15.2. The van der Waals surface area contributed by atoms with E-state index in [2.05, 4.69) is 5.32 Å². The van der Waals surface area contributed by atoms with Crippen LogP contribution in [-0.2, 0) is 22.8 Å². The Morgan fingerprint density at radius 3 is 2.33 bits per heavy atom. The topological polar surface area (TPSA) is 29.1 Å². The molecule has 0 atom stereocenters. The Morgan fingerprint density at radius 2 is 1.67 bits per heavy atom. The van der Waals surface area contributed by atoms with Crippen molar-refractivity contribution >= 4 is 5.91 Å². The number of amides is 1. The number of hydrogen-bond donors (Lipinski definition) is 1. The van der Waals surface area contributed by atoms with Gasteiger partial charge in [0.25, 0.3) is 0 Å². The highest BCUT2D eigenvalue weighted by Crippen LogP contribution is 2.39. The van der Waals surface area contributed by atoms with Gasteiger partial charge >= 0.3 is 6.18 Å². The Kier molecular flexibility index (Phi) is 5.88. The zero-order chi connectivity index (χ0) is 19.3. The van der Waals surface area contributed by atoms with Gasteiger partial charge in [-0.25, -0.2) is 0 Å². The van der Waals surface area contributed by atoms with Crippen LogP contribution in [0.3, 0.4) is 0 Å². The molecule has 0 radical (unpaired) electrons. The number of benzene rings is 2. The number of nitrogens with one attached hydrogen (secondary N) is 1. The second-order valence-corrected chi connectivity index (χ2v) is 7.21. The fraction of sp³-hybridized carbons (Fsp3) is 0.409. The highest BCUT2D eigenvalue weighted by molar-refractivity contribution is 5.88. The molecule has 1 saturated carbocycles. The van der Waals surface area contributed by atoms with E-state index in [1.54, 1.807) is 6.07 Å². The van der Waals surface area contributed by atoms with Crippen molar-refractivity contribution in [3.05, 3.63) is 71.3 Å². The number of hydrogen-bond acceptors (Lipinski definition) is 1. The second kappa shape index (κ2) is 8.15. The van der Waals surface area contributed by atoms with Gasteiger partial charge in [0.05, 0.1) is 11.0 Å². The third-order valence-corrected chi connectivity index (χ3v) is 5.42. The van der Waals surface area contributed by atoms with Gasteiger partial charge in [-0.15, -0.1) is 0 Å². The summed E-state index contributed by atoms with van der Waals surface area (Å²) in [5, 5.41) is 2.98. The molecular weight excluding hydrogens is 351 g/mol. The average Bonchev–Trinajstić information content (AvgIpc) is 2.69. The zero-order valence-corrected chi connectivity index (χ0v) is 15.2. The van der Waals surface area contributed by atoms with Gasteiger partial charge in [-0.05, 0) is 36.5 Å². The Balaban J connectivity index is 1.67. The van der Waals surface area contributed by atoms with Gasteiger partial charge in [0.15, 0.2) is 0 Å². The largest absolute Gasteiger partial charge is 0.416 e. The number of alkyl halides is 3. The van der Waals surface area contributed by atoms with Crippen LogP contribution in [0, 0.1) is 0 Å². The minimum absolute atomic E-state index is 0.0135. The molecule has 1 fully saturated rings. The lowest BCUT2D eigenvalue weighted by Crippen LogP contribution is -2.46. The average molecular weight is 375 g/mol. The monoisotopic (exact) mass is 375 g/mol. The van der Waals surface area contributed by atoms with Crippen LogP contribution < -0.4 is 5.32 Å². The maximum Gasteiger partial charge on any atom is 0.416 e. The van der Waals surface area contributed by atoms with Crippen molar-refractivity contribution in [2.45, 2.75) is 50.1 Å². The molecule has 0 saturated heterocycles. The van der Waals surface area contributed by atoms with E-state index < -0.39 is 17.2 Å². The molecular formula is C22H24F3NO. The van der Waals surface area contributed by atoms with Crippen molar-refractivity contribution in [1.29, 1.82) is 0 Å². The summed E-state index contributed by atoms with van der Waals surface area (Å²) in [4.78, 5) is 13.0. The summed E-state index contributed by atoms with van der Waals surface area (Å²) in [6, 6.07) is 15.1. The standard InChI is InChI=1S/C22H24F3NO/c23-22(24,25)19-11-7-8-17(16-19)12-15-26-20(27)21(13-5-2-6-14-21)18-9-3-1-4-10-18/h1,3-4,7-11,16H,2,5-6,12-15H2,(H,26,27). The predicted molar refractivity (Wildman–Crippen MR) is 99.4 cm³/mol. The molecule has 144 valence electrons. The molecule has 2 aromatic rings. The first-order valence-electron chi connectivity index (χ1n) is 9.42. The van der Waals surface area contributed by atoms with E-state index in [-0.39, 0.29) is 5.91 Å². The first-order valence-corrected chi connectivity index (χ1v) is 9.42. The van der Waals surface area contributed by atoms with Crippen LogP contribution in [0.15, 0.2) is 54.6 Å². The maximum absolute atomic E-state index is 13.0. The van der Waals surface area contributed by atoms with Gasteiger partial charge in [-0.1, -0.05) is 67.8 Å². The molecule has 2 nitrogen and oxygen atoms in total. The van der Waals surface area contributed by atoms with Crippen LogP contribution in [0.5, 0.6) is 0 Å². The normalized spacial score (nSPS) is 16.7. The lowest BCUT2D eigenvalue weighted by atomic mass is 9.68. The Hall–Kier alpha value is -2.30. The molecule has 1 aliphatic carbocycles. The molecule has 3 rings (SSSR count). The summed E-state index contributed by atoms with van der Waals surface area (Å²) in [6.07, 6.45) is 0.802. The minimum atomic E-state index is -4.35. The van der Waals surface area contributed by atoms with E-state index in [1.807, 2.05) is 30.3 Å². The van der Waals surface area contributed by atoms with Gasteiger partial charge in [0.2, 0.25) is 5.91 Å².